The van der Waals surface area contributed by atoms with Crippen LogP contribution in [0.15, 0.2) is 12.7 Å². The van der Waals surface area contributed by atoms with E-state index in [9.17, 15) is 0 Å². The number of aromatic nitrogens is 5. The van der Waals surface area contributed by atoms with E-state index in [1.54, 1.807) is 6.33 Å². The van der Waals surface area contributed by atoms with E-state index in [0.29, 0.717) is 23.9 Å². The van der Waals surface area contributed by atoms with Crippen molar-refractivity contribution >= 4 is 11.5 Å². The molecule has 0 aromatic carbocycles. The first-order valence-corrected chi connectivity index (χ1v) is 6.54. The molecule has 0 atom stereocenters. The fourth-order valence-corrected chi connectivity index (χ4v) is 2.19. The van der Waals surface area contributed by atoms with Gasteiger partial charge in [0.1, 0.15) is 18.3 Å². The molecule has 106 valence electrons. The standard InChI is InChI=1S/C12H17N7O/c1-8(2)20-12-10(13)11(14-6-15-12)18-3-4-19-7-16-17-9(19)5-18/h6-8H,3-5,13H2,1-2H3. The van der Waals surface area contributed by atoms with E-state index in [0.717, 1.165) is 18.9 Å². The summed E-state index contributed by atoms with van der Waals surface area (Å²) in [6, 6.07) is 0. The Labute approximate surface area is 116 Å². The number of nitrogens with two attached hydrogens (primary N) is 1. The van der Waals surface area contributed by atoms with Crippen molar-refractivity contribution < 1.29 is 4.74 Å². The molecule has 0 amide bonds. The lowest BCUT2D eigenvalue weighted by molar-refractivity contribution is 0.234. The summed E-state index contributed by atoms with van der Waals surface area (Å²) in [5.41, 5.74) is 6.59. The first-order valence-electron chi connectivity index (χ1n) is 6.54. The van der Waals surface area contributed by atoms with Gasteiger partial charge in [-0.25, -0.2) is 4.98 Å². The van der Waals surface area contributed by atoms with Crippen molar-refractivity contribution in [2.24, 2.45) is 0 Å². The molecular weight excluding hydrogens is 258 g/mol. The van der Waals surface area contributed by atoms with Gasteiger partial charge in [0.15, 0.2) is 11.6 Å². The number of ether oxygens (including phenoxy) is 1. The molecule has 1 aliphatic heterocycles. The minimum absolute atomic E-state index is 0.0181. The molecule has 3 rings (SSSR count). The number of fused-ring (bicyclic) bond motifs is 1. The SMILES string of the molecule is CC(C)Oc1ncnc(N2CCn3cnnc3C2)c1N. The van der Waals surface area contributed by atoms with Crippen LogP contribution in [0, 0.1) is 0 Å². The lowest BCUT2D eigenvalue weighted by atomic mass is 10.3. The second-order valence-electron chi connectivity index (χ2n) is 4.94. The second-order valence-corrected chi connectivity index (χ2v) is 4.94. The fraction of sp³-hybridized carbons (Fsp3) is 0.500. The summed E-state index contributed by atoms with van der Waals surface area (Å²) in [4.78, 5) is 10.4. The maximum Gasteiger partial charge on any atom is 0.242 e. The van der Waals surface area contributed by atoms with Gasteiger partial charge in [0, 0.05) is 13.1 Å². The molecule has 1 aliphatic rings. The highest BCUT2D eigenvalue weighted by molar-refractivity contribution is 5.67. The Morgan fingerprint density at radius 1 is 1.30 bits per heavy atom. The third-order valence-electron chi connectivity index (χ3n) is 3.11. The Morgan fingerprint density at radius 2 is 2.15 bits per heavy atom. The van der Waals surface area contributed by atoms with E-state index in [2.05, 4.69) is 25.1 Å². The lowest BCUT2D eigenvalue weighted by Crippen LogP contribution is -2.34. The van der Waals surface area contributed by atoms with Crippen molar-refractivity contribution in [3.05, 3.63) is 18.5 Å². The minimum Gasteiger partial charge on any atom is -0.473 e. The maximum absolute atomic E-state index is 6.12. The van der Waals surface area contributed by atoms with Gasteiger partial charge < -0.3 is 19.9 Å². The van der Waals surface area contributed by atoms with Crippen LogP contribution in [0.25, 0.3) is 0 Å². The van der Waals surface area contributed by atoms with Crippen molar-refractivity contribution in [3.63, 3.8) is 0 Å². The van der Waals surface area contributed by atoms with Crippen LogP contribution in [0.4, 0.5) is 11.5 Å². The second kappa shape index (κ2) is 4.95. The van der Waals surface area contributed by atoms with Crippen LogP contribution in [0.3, 0.4) is 0 Å². The van der Waals surface area contributed by atoms with E-state index in [4.69, 9.17) is 10.5 Å². The summed E-state index contributed by atoms with van der Waals surface area (Å²) in [5.74, 6) is 2.02. The zero-order valence-electron chi connectivity index (χ0n) is 11.5. The Hall–Kier alpha value is -2.38. The molecule has 0 saturated heterocycles. The van der Waals surface area contributed by atoms with Crippen molar-refractivity contribution in [2.45, 2.75) is 33.0 Å². The predicted octanol–water partition coefficient (Wildman–Crippen LogP) is 0.458. The van der Waals surface area contributed by atoms with Crippen molar-refractivity contribution in [1.29, 1.82) is 0 Å². The van der Waals surface area contributed by atoms with Crippen LogP contribution in [-0.2, 0) is 13.1 Å². The average molecular weight is 275 g/mol. The number of hydrogen-bond acceptors (Lipinski definition) is 7. The molecule has 8 heteroatoms. The number of nitrogens with zero attached hydrogens (tertiary/aromatic N) is 6. The molecule has 0 unspecified atom stereocenters. The normalized spacial score (nSPS) is 14.4. The quantitative estimate of drug-likeness (QED) is 0.869. The molecule has 20 heavy (non-hydrogen) atoms. The summed E-state index contributed by atoms with van der Waals surface area (Å²) in [5, 5.41) is 8.00. The lowest BCUT2D eigenvalue weighted by Gasteiger charge is -2.29. The Balaban J connectivity index is 1.88. The summed E-state index contributed by atoms with van der Waals surface area (Å²) >= 11 is 0. The van der Waals surface area contributed by atoms with E-state index in [1.165, 1.54) is 6.33 Å². The van der Waals surface area contributed by atoms with Crippen LogP contribution >= 0.6 is 0 Å². The molecule has 0 bridgehead atoms. The third-order valence-corrected chi connectivity index (χ3v) is 3.11. The van der Waals surface area contributed by atoms with Crippen LogP contribution in [0.1, 0.15) is 19.7 Å². The van der Waals surface area contributed by atoms with Gasteiger partial charge in [-0.1, -0.05) is 0 Å². The average Bonchev–Trinajstić information content (AvgIpc) is 2.88. The zero-order valence-corrected chi connectivity index (χ0v) is 11.5. The van der Waals surface area contributed by atoms with Gasteiger partial charge in [-0.15, -0.1) is 10.2 Å². The predicted molar refractivity (Wildman–Crippen MR) is 73.3 cm³/mol. The topological polar surface area (TPSA) is 95.0 Å². The van der Waals surface area contributed by atoms with Gasteiger partial charge in [0.05, 0.1) is 12.6 Å². The summed E-state index contributed by atoms with van der Waals surface area (Å²) in [6.07, 6.45) is 3.23. The first-order chi connectivity index (χ1) is 9.65. The number of hydrogen-bond donors (Lipinski definition) is 1. The number of rotatable bonds is 3. The summed E-state index contributed by atoms with van der Waals surface area (Å²) in [6.45, 7) is 6.11. The van der Waals surface area contributed by atoms with E-state index in [-0.39, 0.29) is 6.10 Å². The van der Waals surface area contributed by atoms with Crippen LogP contribution in [0.2, 0.25) is 0 Å². The van der Waals surface area contributed by atoms with Gasteiger partial charge in [-0.2, -0.15) is 4.98 Å². The molecule has 0 saturated carbocycles. The first kappa shape index (κ1) is 12.6. The number of anilines is 2. The minimum atomic E-state index is 0.0181. The zero-order chi connectivity index (χ0) is 14.1. The van der Waals surface area contributed by atoms with Gasteiger partial charge in [-0.05, 0) is 13.8 Å². The maximum atomic E-state index is 6.12. The highest BCUT2D eigenvalue weighted by atomic mass is 16.5. The Bertz CT molecular complexity index is 610. The van der Waals surface area contributed by atoms with E-state index < -0.39 is 0 Å². The van der Waals surface area contributed by atoms with Crippen LogP contribution in [-0.4, -0.2) is 37.4 Å². The molecule has 3 heterocycles. The van der Waals surface area contributed by atoms with Crippen molar-refractivity contribution in [2.75, 3.05) is 17.2 Å². The number of nitrogen functional groups attached to an aromatic ring is 1. The smallest absolute Gasteiger partial charge is 0.242 e. The molecule has 2 aromatic heterocycles. The highest BCUT2D eigenvalue weighted by Crippen LogP contribution is 2.30. The summed E-state index contributed by atoms with van der Waals surface area (Å²) < 4.78 is 7.62. The van der Waals surface area contributed by atoms with Gasteiger partial charge in [0.25, 0.3) is 0 Å². The summed E-state index contributed by atoms with van der Waals surface area (Å²) in [7, 11) is 0. The molecule has 0 radical (unpaired) electrons. The molecule has 0 spiro atoms. The third kappa shape index (κ3) is 2.24. The molecule has 2 N–H and O–H groups in total. The molecule has 0 aliphatic carbocycles. The van der Waals surface area contributed by atoms with Crippen molar-refractivity contribution in [1.82, 2.24) is 24.7 Å². The largest absolute Gasteiger partial charge is 0.473 e. The fourth-order valence-electron chi connectivity index (χ4n) is 2.19. The molecule has 8 nitrogen and oxygen atoms in total. The highest BCUT2D eigenvalue weighted by Gasteiger charge is 2.22. The van der Waals surface area contributed by atoms with Gasteiger partial charge in [-0.3, -0.25) is 0 Å². The van der Waals surface area contributed by atoms with Crippen LogP contribution < -0.4 is 15.4 Å². The van der Waals surface area contributed by atoms with E-state index >= 15 is 0 Å². The molecule has 0 fully saturated rings. The molecule has 2 aromatic rings. The Kier molecular flexibility index (Phi) is 3.13. The van der Waals surface area contributed by atoms with Crippen molar-refractivity contribution in [3.8, 4) is 5.88 Å². The van der Waals surface area contributed by atoms with Gasteiger partial charge in [0.2, 0.25) is 5.88 Å². The monoisotopic (exact) mass is 275 g/mol. The van der Waals surface area contributed by atoms with E-state index in [1.807, 2.05) is 18.4 Å². The van der Waals surface area contributed by atoms with Gasteiger partial charge >= 0.3 is 0 Å². The molecular formula is C12H17N7O. The van der Waals surface area contributed by atoms with Crippen LogP contribution in [0.5, 0.6) is 5.88 Å². The Morgan fingerprint density at radius 3 is 2.95 bits per heavy atom.